The number of carbonyl (C=O) groups excluding carboxylic acids is 1. The molecule has 1 aromatic carbocycles. The van der Waals surface area contributed by atoms with Gasteiger partial charge < -0.3 is 9.53 Å². The third-order valence-electron chi connectivity index (χ3n) is 1.81. The van der Waals surface area contributed by atoms with Gasteiger partial charge in [0.25, 0.3) is 0 Å². The number of ether oxygens (including phenoxy) is 1. The molecule has 0 unspecified atom stereocenters. The summed E-state index contributed by atoms with van der Waals surface area (Å²) in [5.74, 6) is 0.848. The Morgan fingerprint density at radius 3 is 3.00 bits per heavy atom. The maximum Gasteiger partial charge on any atom is 0.123 e. The van der Waals surface area contributed by atoms with Crippen LogP contribution in [0.5, 0.6) is 5.75 Å². The fraction of sp³-hybridized carbons (Fsp3) is 0.364. The first-order valence-electron chi connectivity index (χ1n) is 4.52. The molecule has 13 heavy (non-hydrogen) atoms. The second-order valence-corrected chi connectivity index (χ2v) is 2.80. The summed E-state index contributed by atoms with van der Waals surface area (Å²) in [4.78, 5) is 10.0. The fourth-order valence-electron chi connectivity index (χ4n) is 1.08. The maximum atomic E-state index is 10.0. The van der Waals surface area contributed by atoms with Crippen LogP contribution < -0.4 is 4.74 Å². The summed E-state index contributed by atoms with van der Waals surface area (Å²) in [5.41, 5.74) is 1.25. The maximum absolute atomic E-state index is 10.0. The molecule has 2 heteroatoms. The van der Waals surface area contributed by atoms with Crippen molar-refractivity contribution in [2.75, 3.05) is 6.61 Å². The molecule has 0 atom stereocenters. The molecular formula is C11H14O2. The molecule has 0 aliphatic heterocycles. The molecule has 0 heterocycles. The Bertz CT molecular complexity index is 269. The van der Waals surface area contributed by atoms with Gasteiger partial charge in [-0.2, -0.15) is 0 Å². The summed E-state index contributed by atoms with van der Waals surface area (Å²) in [6.45, 7) is 2.57. The molecule has 1 aromatic rings. The van der Waals surface area contributed by atoms with E-state index < -0.39 is 0 Å². The number of aldehydes is 1. The molecule has 0 aromatic heterocycles. The summed E-state index contributed by atoms with van der Waals surface area (Å²) in [7, 11) is 0. The van der Waals surface area contributed by atoms with Gasteiger partial charge in [0.05, 0.1) is 6.61 Å². The van der Waals surface area contributed by atoms with Crippen LogP contribution in [0.15, 0.2) is 24.3 Å². The van der Waals surface area contributed by atoms with Crippen LogP contribution in [-0.4, -0.2) is 12.9 Å². The second kappa shape index (κ2) is 5.36. The van der Waals surface area contributed by atoms with Gasteiger partial charge in [0.15, 0.2) is 0 Å². The van der Waals surface area contributed by atoms with Gasteiger partial charge in [-0.15, -0.1) is 0 Å². The standard InChI is InChI=1S/C11H14O2/c1-2-10-5-3-6-11(9-10)13-8-4-7-12/h3,5-7,9H,2,4,8H2,1H3. The summed E-state index contributed by atoms with van der Waals surface area (Å²) >= 11 is 0. The molecule has 0 aliphatic carbocycles. The highest BCUT2D eigenvalue weighted by molar-refractivity contribution is 5.49. The first kappa shape index (κ1) is 9.78. The van der Waals surface area contributed by atoms with Crippen LogP contribution >= 0.6 is 0 Å². The van der Waals surface area contributed by atoms with E-state index in [1.54, 1.807) is 0 Å². The normalized spacial score (nSPS) is 9.62. The van der Waals surface area contributed by atoms with Crippen LogP contribution in [0.2, 0.25) is 0 Å². The van der Waals surface area contributed by atoms with Crippen molar-refractivity contribution in [3.05, 3.63) is 29.8 Å². The topological polar surface area (TPSA) is 26.3 Å². The molecule has 0 bridgehead atoms. The van der Waals surface area contributed by atoms with E-state index in [1.807, 2.05) is 18.2 Å². The molecule has 0 amide bonds. The highest BCUT2D eigenvalue weighted by Gasteiger charge is 1.94. The van der Waals surface area contributed by atoms with Gasteiger partial charge in [-0.05, 0) is 24.1 Å². The Balaban J connectivity index is 2.50. The van der Waals surface area contributed by atoms with E-state index in [1.165, 1.54) is 5.56 Å². The fourth-order valence-corrected chi connectivity index (χ4v) is 1.08. The first-order chi connectivity index (χ1) is 6.36. The molecule has 1 rings (SSSR count). The molecule has 70 valence electrons. The van der Waals surface area contributed by atoms with Crippen LogP contribution in [0.1, 0.15) is 18.9 Å². The van der Waals surface area contributed by atoms with E-state index in [2.05, 4.69) is 13.0 Å². The van der Waals surface area contributed by atoms with Crippen molar-refractivity contribution < 1.29 is 9.53 Å². The van der Waals surface area contributed by atoms with E-state index in [9.17, 15) is 4.79 Å². The van der Waals surface area contributed by atoms with Gasteiger partial charge in [-0.25, -0.2) is 0 Å². The predicted octanol–water partition coefficient (Wildman–Crippen LogP) is 2.22. The lowest BCUT2D eigenvalue weighted by atomic mass is 10.2. The Kier molecular flexibility index (Phi) is 4.03. The van der Waals surface area contributed by atoms with Crippen molar-refractivity contribution in [3.63, 3.8) is 0 Å². The minimum absolute atomic E-state index is 0.455. The lowest BCUT2D eigenvalue weighted by molar-refractivity contribution is -0.108. The largest absolute Gasteiger partial charge is 0.493 e. The summed E-state index contributed by atoms with van der Waals surface area (Å²) in [6.07, 6.45) is 2.32. The highest BCUT2D eigenvalue weighted by Crippen LogP contribution is 2.13. The van der Waals surface area contributed by atoms with Crippen LogP contribution in [0.25, 0.3) is 0 Å². The van der Waals surface area contributed by atoms with Crippen molar-refractivity contribution in [2.45, 2.75) is 19.8 Å². The molecule has 0 N–H and O–H groups in total. The molecule has 0 radical (unpaired) electrons. The third-order valence-corrected chi connectivity index (χ3v) is 1.81. The number of benzene rings is 1. The van der Waals surface area contributed by atoms with E-state index >= 15 is 0 Å². The van der Waals surface area contributed by atoms with E-state index in [-0.39, 0.29) is 0 Å². The molecular weight excluding hydrogens is 164 g/mol. The van der Waals surface area contributed by atoms with E-state index in [0.29, 0.717) is 13.0 Å². The van der Waals surface area contributed by atoms with E-state index in [0.717, 1.165) is 18.5 Å². The van der Waals surface area contributed by atoms with Crippen molar-refractivity contribution in [1.29, 1.82) is 0 Å². The molecule has 0 saturated heterocycles. The van der Waals surface area contributed by atoms with Crippen molar-refractivity contribution >= 4 is 6.29 Å². The van der Waals surface area contributed by atoms with Crippen LogP contribution in [0, 0.1) is 0 Å². The van der Waals surface area contributed by atoms with Gasteiger partial charge >= 0.3 is 0 Å². The molecule has 0 aliphatic rings. The van der Waals surface area contributed by atoms with Gasteiger partial charge in [-0.3, -0.25) is 0 Å². The predicted molar refractivity (Wildman–Crippen MR) is 52.0 cm³/mol. The number of hydrogen-bond donors (Lipinski definition) is 0. The highest BCUT2D eigenvalue weighted by atomic mass is 16.5. The Hall–Kier alpha value is -1.31. The Morgan fingerprint density at radius 2 is 2.31 bits per heavy atom. The molecule has 0 spiro atoms. The Morgan fingerprint density at radius 1 is 1.46 bits per heavy atom. The van der Waals surface area contributed by atoms with Crippen molar-refractivity contribution in [2.24, 2.45) is 0 Å². The SMILES string of the molecule is CCc1cccc(OCCC=O)c1. The zero-order valence-corrected chi connectivity index (χ0v) is 7.82. The number of rotatable bonds is 5. The van der Waals surface area contributed by atoms with Gasteiger partial charge in [0.2, 0.25) is 0 Å². The van der Waals surface area contributed by atoms with Gasteiger partial charge in [-0.1, -0.05) is 19.1 Å². The minimum atomic E-state index is 0.455. The quantitative estimate of drug-likeness (QED) is 0.510. The van der Waals surface area contributed by atoms with Crippen molar-refractivity contribution in [3.8, 4) is 5.75 Å². The molecule has 0 saturated carbocycles. The lowest BCUT2D eigenvalue weighted by Crippen LogP contribution is -1.97. The van der Waals surface area contributed by atoms with Crippen LogP contribution in [-0.2, 0) is 11.2 Å². The molecule has 0 fully saturated rings. The average molecular weight is 178 g/mol. The van der Waals surface area contributed by atoms with Crippen molar-refractivity contribution in [1.82, 2.24) is 0 Å². The summed E-state index contributed by atoms with van der Waals surface area (Å²) in [5, 5.41) is 0. The van der Waals surface area contributed by atoms with Gasteiger partial charge in [0, 0.05) is 6.42 Å². The van der Waals surface area contributed by atoms with Crippen LogP contribution in [0.3, 0.4) is 0 Å². The number of aryl methyl sites for hydroxylation is 1. The zero-order valence-electron chi connectivity index (χ0n) is 7.82. The second-order valence-electron chi connectivity index (χ2n) is 2.80. The zero-order chi connectivity index (χ0) is 9.52. The molecule has 2 nitrogen and oxygen atoms in total. The summed E-state index contributed by atoms with van der Waals surface area (Å²) in [6, 6.07) is 7.94. The number of carbonyl (C=O) groups is 1. The monoisotopic (exact) mass is 178 g/mol. The van der Waals surface area contributed by atoms with Gasteiger partial charge in [0.1, 0.15) is 12.0 Å². The van der Waals surface area contributed by atoms with Crippen LogP contribution in [0.4, 0.5) is 0 Å². The third kappa shape index (κ3) is 3.28. The summed E-state index contributed by atoms with van der Waals surface area (Å²) < 4.78 is 5.36. The minimum Gasteiger partial charge on any atom is -0.493 e. The average Bonchev–Trinajstić information content (AvgIpc) is 2.19. The smallest absolute Gasteiger partial charge is 0.123 e. The Labute approximate surface area is 78.5 Å². The first-order valence-corrected chi connectivity index (χ1v) is 4.52. The lowest BCUT2D eigenvalue weighted by Gasteiger charge is -2.04. The number of hydrogen-bond acceptors (Lipinski definition) is 2. The van der Waals surface area contributed by atoms with E-state index in [4.69, 9.17) is 4.74 Å².